The zero-order valence-corrected chi connectivity index (χ0v) is 19.7. The van der Waals surface area contributed by atoms with Gasteiger partial charge in [0.05, 0.1) is 19.4 Å². The van der Waals surface area contributed by atoms with E-state index in [0.717, 1.165) is 52.4 Å². The molecule has 7 nitrogen and oxygen atoms in total. The highest BCUT2D eigenvalue weighted by atomic mass is 32.1. The molecule has 1 aromatic heterocycles. The average molecular weight is 469 g/mol. The van der Waals surface area contributed by atoms with Gasteiger partial charge in [-0.3, -0.25) is 4.79 Å². The fourth-order valence-electron chi connectivity index (χ4n) is 4.22. The summed E-state index contributed by atoms with van der Waals surface area (Å²) < 4.78 is 13.0. The number of rotatable bonds is 10. The van der Waals surface area contributed by atoms with E-state index in [-0.39, 0.29) is 12.5 Å². The van der Waals surface area contributed by atoms with Crippen molar-refractivity contribution in [3.63, 3.8) is 0 Å². The van der Waals surface area contributed by atoms with Gasteiger partial charge in [-0.15, -0.1) is 0 Å². The summed E-state index contributed by atoms with van der Waals surface area (Å²) in [5, 5.41) is 1.04. The SMILES string of the molecule is CCOC(=O)Cn1c2c(c3cc(OCCOOC)ccc31)CCN(Cc1ccccc1)C2=S. The van der Waals surface area contributed by atoms with Crippen LogP contribution in [0.1, 0.15) is 23.7 Å². The molecule has 0 unspecified atom stereocenters. The predicted octanol–water partition coefficient (Wildman–Crippen LogP) is 3.90. The predicted molar refractivity (Wildman–Crippen MR) is 129 cm³/mol. The highest BCUT2D eigenvalue weighted by Gasteiger charge is 2.29. The van der Waals surface area contributed by atoms with Crippen LogP contribution in [0, 0.1) is 0 Å². The number of ether oxygens (including phenoxy) is 2. The first-order valence-electron chi connectivity index (χ1n) is 11.0. The van der Waals surface area contributed by atoms with Gasteiger partial charge in [0, 0.05) is 24.0 Å². The second-order valence-corrected chi connectivity index (χ2v) is 8.08. The number of carbonyl (C=O) groups excluding carboxylic acids is 1. The van der Waals surface area contributed by atoms with Gasteiger partial charge < -0.3 is 18.9 Å². The molecule has 2 aromatic carbocycles. The van der Waals surface area contributed by atoms with Gasteiger partial charge in [-0.1, -0.05) is 42.5 Å². The lowest BCUT2D eigenvalue weighted by Gasteiger charge is -2.31. The summed E-state index contributed by atoms with van der Waals surface area (Å²) in [4.78, 5) is 24.9. The smallest absolute Gasteiger partial charge is 0.325 e. The van der Waals surface area contributed by atoms with Gasteiger partial charge in [0.2, 0.25) is 0 Å². The minimum Gasteiger partial charge on any atom is -0.491 e. The van der Waals surface area contributed by atoms with Gasteiger partial charge in [0.15, 0.2) is 0 Å². The van der Waals surface area contributed by atoms with Crippen molar-refractivity contribution in [2.45, 2.75) is 26.4 Å². The quantitative estimate of drug-likeness (QED) is 0.147. The zero-order valence-electron chi connectivity index (χ0n) is 18.9. The van der Waals surface area contributed by atoms with Crippen molar-refractivity contribution >= 4 is 34.1 Å². The van der Waals surface area contributed by atoms with E-state index in [2.05, 4.69) is 21.9 Å². The molecule has 0 bridgehead atoms. The van der Waals surface area contributed by atoms with Gasteiger partial charge in [0.1, 0.15) is 30.5 Å². The molecule has 0 N–H and O–H groups in total. The van der Waals surface area contributed by atoms with Crippen LogP contribution in [0.4, 0.5) is 0 Å². The second-order valence-electron chi connectivity index (χ2n) is 7.70. The molecule has 0 radical (unpaired) electrons. The molecular formula is C25H28N2O5S. The Morgan fingerprint density at radius 2 is 1.94 bits per heavy atom. The van der Waals surface area contributed by atoms with Crippen molar-refractivity contribution < 1.29 is 24.0 Å². The lowest BCUT2D eigenvalue weighted by atomic mass is 10.0. The standard InChI is InChI=1S/C25H28N2O5S/c1-3-30-23(28)17-27-22-10-9-19(31-13-14-32-29-2)15-21(22)20-11-12-26(25(33)24(20)27)16-18-7-5-4-6-8-18/h4-10,15H,3,11-14,16-17H2,1-2H3. The minimum atomic E-state index is -0.280. The number of esters is 1. The fourth-order valence-corrected chi connectivity index (χ4v) is 4.61. The van der Waals surface area contributed by atoms with E-state index < -0.39 is 0 Å². The van der Waals surface area contributed by atoms with Crippen LogP contribution in [0.5, 0.6) is 5.75 Å². The van der Waals surface area contributed by atoms with Crippen molar-refractivity contribution in [2.24, 2.45) is 0 Å². The summed E-state index contributed by atoms with van der Waals surface area (Å²) in [6.45, 7) is 4.50. The van der Waals surface area contributed by atoms with E-state index in [1.165, 1.54) is 12.7 Å². The van der Waals surface area contributed by atoms with E-state index in [1.807, 2.05) is 47.9 Å². The van der Waals surface area contributed by atoms with Gasteiger partial charge in [0.25, 0.3) is 0 Å². The van der Waals surface area contributed by atoms with Crippen LogP contribution in [0.15, 0.2) is 48.5 Å². The second kappa shape index (κ2) is 10.8. The maximum absolute atomic E-state index is 12.4. The van der Waals surface area contributed by atoms with Crippen molar-refractivity contribution in [3.8, 4) is 5.75 Å². The number of aromatic nitrogens is 1. The molecular weight excluding hydrogens is 440 g/mol. The van der Waals surface area contributed by atoms with Crippen LogP contribution in [0.2, 0.25) is 0 Å². The third-order valence-electron chi connectivity index (χ3n) is 5.62. The molecule has 33 heavy (non-hydrogen) atoms. The molecule has 4 rings (SSSR count). The first-order chi connectivity index (χ1) is 16.1. The number of hydrogen-bond donors (Lipinski definition) is 0. The summed E-state index contributed by atoms with van der Waals surface area (Å²) in [6, 6.07) is 16.2. The van der Waals surface area contributed by atoms with E-state index in [1.54, 1.807) is 0 Å². The van der Waals surface area contributed by atoms with Crippen LogP contribution in [-0.2, 0) is 38.8 Å². The van der Waals surface area contributed by atoms with Gasteiger partial charge in [-0.2, -0.15) is 0 Å². The third kappa shape index (κ3) is 5.19. The van der Waals surface area contributed by atoms with Crippen molar-refractivity contribution in [3.05, 3.63) is 65.4 Å². The normalized spacial score (nSPS) is 13.3. The average Bonchev–Trinajstić information content (AvgIpc) is 3.13. The molecule has 2 heterocycles. The molecule has 1 aliphatic heterocycles. The third-order valence-corrected chi connectivity index (χ3v) is 6.07. The summed E-state index contributed by atoms with van der Waals surface area (Å²) in [7, 11) is 1.47. The van der Waals surface area contributed by atoms with Gasteiger partial charge in [-0.05, 0) is 42.7 Å². The maximum Gasteiger partial charge on any atom is 0.325 e. The number of carbonyl (C=O) groups is 1. The van der Waals surface area contributed by atoms with Crippen molar-refractivity contribution in [1.29, 1.82) is 0 Å². The number of thiocarbonyl (C=S) groups is 1. The summed E-state index contributed by atoms with van der Waals surface area (Å²) in [6.07, 6.45) is 0.824. The number of hydrogen-bond acceptors (Lipinski definition) is 6. The summed E-state index contributed by atoms with van der Waals surface area (Å²) in [5.74, 6) is 0.452. The van der Waals surface area contributed by atoms with Gasteiger partial charge in [-0.25, -0.2) is 9.78 Å². The Balaban J connectivity index is 1.69. The first kappa shape index (κ1) is 23.2. The van der Waals surface area contributed by atoms with E-state index in [0.29, 0.717) is 19.8 Å². The molecule has 0 saturated heterocycles. The highest BCUT2D eigenvalue weighted by Crippen LogP contribution is 2.34. The Morgan fingerprint density at radius 1 is 1.12 bits per heavy atom. The van der Waals surface area contributed by atoms with Crippen molar-refractivity contribution in [2.75, 3.05) is 33.5 Å². The zero-order chi connectivity index (χ0) is 23.2. The van der Waals surface area contributed by atoms with Crippen LogP contribution in [0.25, 0.3) is 10.9 Å². The van der Waals surface area contributed by atoms with Crippen LogP contribution in [-0.4, -0.2) is 53.9 Å². The van der Waals surface area contributed by atoms with E-state index in [9.17, 15) is 4.79 Å². The van der Waals surface area contributed by atoms with Crippen LogP contribution < -0.4 is 4.74 Å². The van der Waals surface area contributed by atoms with E-state index in [4.69, 9.17) is 26.6 Å². The van der Waals surface area contributed by atoms with E-state index >= 15 is 0 Å². The lowest BCUT2D eigenvalue weighted by Crippen LogP contribution is -2.37. The molecule has 0 saturated carbocycles. The van der Waals surface area contributed by atoms with Crippen LogP contribution in [0.3, 0.4) is 0 Å². The Hall–Kier alpha value is -2.94. The summed E-state index contributed by atoms with van der Waals surface area (Å²) in [5.41, 5.74) is 4.19. The molecule has 174 valence electrons. The van der Waals surface area contributed by atoms with Crippen LogP contribution >= 0.6 is 12.2 Å². The fraction of sp³-hybridized carbons (Fsp3) is 0.360. The molecule has 0 spiro atoms. The maximum atomic E-state index is 12.4. The highest BCUT2D eigenvalue weighted by molar-refractivity contribution is 7.80. The molecule has 1 aliphatic rings. The summed E-state index contributed by atoms with van der Waals surface area (Å²) >= 11 is 5.95. The molecule has 0 atom stereocenters. The minimum absolute atomic E-state index is 0.112. The molecule has 0 amide bonds. The Bertz CT molecular complexity index is 1130. The Labute approximate surface area is 198 Å². The number of fused-ring (bicyclic) bond motifs is 3. The number of benzene rings is 2. The lowest BCUT2D eigenvalue weighted by molar-refractivity contribution is -0.274. The topological polar surface area (TPSA) is 62.2 Å². The Kier molecular flexibility index (Phi) is 7.59. The molecule has 0 aliphatic carbocycles. The monoisotopic (exact) mass is 468 g/mol. The molecule has 3 aromatic rings. The van der Waals surface area contributed by atoms with Gasteiger partial charge >= 0.3 is 5.97 Å². The Morgan fingerprint density at radius 3 is 2.70 bits per heavy atom. The first-order valence-corrected chi connectivity index (χ1v) is 11.5. The number of nitrogens with zero attached hydrogens (tertiary/aromatic N) is 2. The molecule has 0 fully saturated rings. The largest absolute Gasteiger partial charge is 0.491 e. The van der Waals surface area contributed by atoms with Crippen molar-refractivity contribution in [1.82, 2.24) is 9.47 Å². The molecule has 8 heteroatoms.